The molecule has 0 aromatic heterocycles. The quantitative estimate of drug-likeness (QED) is 0.669. The van der Waals surface area contributed by atoms with Crippen LogP contribution in [-0.2, 0) is 0 Å². The second-order valence-electron chi connectivity index (χ2n) is 4.39. The minimum absolute atomic E-state index is 0.432. The lowest BCUT2D eigenvalue weighted by Gasteiger charge is -2.13. The van der Waals surface area contributed by atoms with Crippen LogP contribution in [0.3, 0.4) is 0 Å². The first kappa shape index (κ1) is 19.9. The van der Waals surface area contributed by atoms with Crippen molar-refractivity contribution in [2.24, 2.45) is 11.1 Å². The van der Waals surface area contributed by atoms with Crippen molar-refractivity contribution in [2.45, 2.75) is 54.9 Å². The predicted octanol–water partition coefficient (Wildman–Crippen LogP) is 4.55. The highest BCUT2D eigenvalue weighted by molar-refractivity contribution is 4.95. The summed E-state index contributed by atoms with van der Waals surface area (Å²) in [6.45, 7) is 18.9. The van der Waals surface area contributed by atoms with E-state index in [2.05, 4.69) is 27.4 Å². The molecule has 2 N–H and O–H groups in total. The zero-order valence-corrected chi connectivity index (χ0v) is 11.9. The fourth-order valence-corrected chi connectivity index (χ4v) is 0.551. The lowest BCUT2D eigenvalue weighted by molar-refractivity contribution is 0.421. The zero-order chi connectivity index (χ0) is 12.9. The fourth-order valence-electron chi connectivity index (χ4n) is 0.551. The standard InChI is InChI=1S/C7H14.C5H11N.C2H6/c1-5-6-7(2,3)4;1-3-5(2)4-6;1-2/h5H,1,6H2,2-4H3;3H,4,6H2,1-2H3;1-2H3/b;5-3+;. The van der Waals surface area contributed by atoms with E-state index in [1.54, 1.807) is 0 Å². The van der Waals surface area contributed by atoms with Crippen LogP contribution in [0.2, 0.25) is 0 Å². The van der Waals surface area contributed by atoms with Gasteiger partial charge in [-0.15, -0.1) is 6.58 Å². The Labute approximate surface area is 97.5 Å². The molecule has 0 rings (SSSR count). The summed E-state index contributed by atoms with van der Waals surface area (Å²) >= 11 is 0. The van der Waals surface area contributed by atoms with E-state index in [1.165, 1.54) is 5.57 Å². The topological polar surface area (TPSA) is 26.0 Å². The van der Waals surface area contributed by atoms with E-state index in [0.29, 0.717) is 12.0 Å². The molecule has 0 saturated heterocycles. The van der Waals surface area contributed by atoms with E-state index in [0.717, 1.165) is 6.42 Å². The van der Waals surface area contributed by atoms with E-state index in [9.17, 15) is 0 Å². The van der Waals surface area contributed by atoms with Gasteiger partial charge in [-0.05, 0) is 25.7 Å². The zero-order valence-electron chi connectivity index (χ0n) is 11.9. The molecule has 0 atom stereocenters. The van der Waals surface area contributed by atoms with Gasteiger partial charge in [0.1, 0.15) is 0 Å². The molecule has 0 radical (unpaired) electrons. The molecule has 1 heteroatoms. The Morgan fingerprint density at radius 2 is 1.67 bits per heavy atom. The molecule has 0 aliphatic heterocycles. The van der Waals surface area contributed by atoms with Gasteiger partial charge in [0.2, 0.25) is 0 Å². The molecule has 0 aliphatic carbocycles. The van der Waals surface area contributed by atoms with Crippen LogP contribution in [0.1, 0.15) is 54.9 Å². The lowest BCUT2D eigenvalue weighted by atomic mass is 9.93. The molecule has 0 aromatic rings. The summed E-state index contributed by atoms with van der Waals surface area (Å²) in [6.07, 6.45) is 5.08. The van der Waals surface area contributed by atoms with Crippen molar-refractivity contribution in [3.8, 4) is 0 Å². The summed E-state index contributed by atoms with van der Waals surface area (Å²) in [4.78, 5) is 0. The second-order valence-corrected chi connectivity index (χ2v) is 4.39. The van der Waals surface area contributed by atoms with Crippen LogP contribution in [-0.4, -0.2) is 6.54 Å². The molecule has 15 heavy (non-hydrogen) atoms. The van der Waals surface area contributed by atoms with E-state index in [4.69, 9.17) is 5.73 Å². The number of allylic oxidation sites excluding steroid dienone is 2. The highest BCUT2D eigenvalue weighted by Crippen LogP contribution is 2.17. The summed E-state index contributed by atoms with van der Waals surface area (Å²) in [7, 11) is 0. The Hall–Kier alpha value is -0.560. The number of rotatable bonds is 2. The van der Waals surface area contributed by atoms with Crippen LogP contribution < -0.4 is 5.73 Å². The molecule has 0 fully saturated rings. The van der Waals surface area contributed by atoms with Gasteiger partial charge in [0.15, 0.2) is 0 Å². The molecule has 0 spiro atoms. The molecule has 0 saturated carbocycles. The van der Waals surface area contributed by atoms with Crippen LogP contribution in [0.5, 0.6) is 0 Å². The Morgan fingerprint density at radius 3 is 1.67 bits per heavy atom. The molecule has 0 unspecified atom stereocenters. The summed E-state index contributed by atoms with van der Waals surface area (Å²) in [5, 5.41) is 0. The minimum Gasteiger partial charge on any atom is -0.327 e. The van der Waals surface area contributed by atoms with Crippen molar-refractivity contribution in [1.29, 1.82) is 0 Å². The van der Waals surface area contributed by atoms with Crippen molar-refractivity contribution in [2.75, 3.05) is 6.54 Å². The third-order valence-electron chi connectivity index (χ3n) is 1.57. The molecule has 0 amide bonds. The van der Waals surface area contributed by atoms with Crippen LogP contribution in [0.15, 0.2) is 24.3 Å². The van der Waals surface area contributed by atoms with Gasteiger partial charge >= 0.3 is 0 Å². The van der Waals surface area contributed by atoms with Crippen LogP contribution in [0.25, 0.3) is 0 Å². The van der Waals surface area contributed by atoms with Crippen LogP contribution >= 0.6 is 0 Å². The molecule has 1 nitrogen and oxygen atoms in total. The van der Waals surface area contributed by atoms with E-state index in [-0.39, 0.29) is 0 Å². The Bertz CT molecular complexity index is 149. The first-order valence-corrected chi connectivity index (χ1v) is 5.80. The van der Waals surface area contributed by atoms with Crippen molar-refractivity contribution < 1.29 is 0 Å². The average molecular weight is 213 g/mol. The van der Waals surface area contributed by atoms with Gasteiger partial charge in [0.25, 0.3) is 0 Å². The highest BCUT2D eigenvalue weighted by atomic mass is 14.5. The maximum absolute atomic E-state index is 5.21. The maximum Gasteiger partial charge on any atom is 0.0133 e. The lowest BCUT2D eigenvalue weighted by Crippen LogP contribution is -2.01. The van der Waals surface area contributed by atoms with Crippen molar-refractivity contribution in [3.63, 3.8) is 0 Å². The van der Waals surface area contributed by atoms with E-state index >= 15 is 0 Å². The van der Waals surface area contributed by atoms with Gasteiger partial charge in [-0.3, -0.25) is 0 Å². The minimum atomic E-state index is 0.432. The molecule has 0 heterocycles. The number of nitrogens with two attached hydrogens (primary N) is 1. The average Bonchev–Trinajstić information content (AvgIpc) is 2.19. The molecular weight excluding hydrogens is 182 g/mol. The largest absolute Gasteiger partial charge is 0.327 e. The van der Waals surface area contributed by atoms with Gasteiger partial charge < -0.3 is 5.73 Å². The first-order valence-electron chi connectivity index (χ1n) is 5.80. The molecule has 0 aliphatic rings. The van der Waals surface area contributed by atoms with Gasteiger partial charge in [-0.1, -0.05) is 52.3 Å². The van der Waals surface area contributed by atoms with E-state index < -0.39 is 0 Å². The summed E-state index contributed by atoms with van der Waals surface area (Å²) < 4.78 is 0. The maximum atomic E-state index is 5.21. The normalized spacial score (nSPS) is 10.5. The SMILES string of the molecule is C/C=C(\C)CN.C=CCC(C)(C)C.CC. The first-order chi connectivity index (χ1) is 6.87. The second kappa shape index (κ2) is 13.4. The summed E-state index contributed by atoms with van der Waals surface area (Å²) in [5.41, 5.74) is 6.89. The van der Waals surface area contributed by atoms with Crippen molar-refractivity contribution in [1.82, 2.24) is 0 Å². The Balaban J connectivity index is -0.000000166. The van der Waals surface area contributed by atoms with Gasteiger partial charge in [0.05, 0.1) is 0 Å². The Morgan fingerprint density at radius 1 is 1.27 bits per heavy atom. The smallest absolute Gasteiger partial charge is 0.0133 e. The monoisotopic (exact) mass is 213 g/mol. The van der Waals surface area contributed by atoms with E-state index in [1.807, 2.05) is 39.8 Å². The fraction of sp³-hybridized carbons (Fsp3) is 0.714. The third-order valence-corrected chi connectivity index (χ3v) is 1.57. The number of hydrogen-bond donors (Lipinski definition) is 1. The van der Waals surface area contributed by atoms with Gasteiger partial charge in [-0.25, -0.2) is 0 Å². The predicted molar refractivity (Wildman–Crippen MR) is 74.1 cm³/mol. The highest BCUT2D eigenvalue weighted by Gasteiger charge is 2.04. The number of hydrogen-bond acceptors (Lipinski definition) is 1. The van der Waals surface area contributed by atoms with Crippen molar-refractivity contribution >= 4 is 0 Å². The summed E-state index contributed by atoms with van der Waals surface area (Å²) in [6, 6.07) is 0. The van der Waals surface area contributed by atoms with Crippen LogP contribution in [0.4, 0.5) is 0 Å². The Kier molecular flexibility index (Phi) is 17.9. The third kappa shape index (κ3) is 31.8. The molecule has 0 bridgehead atoms. The van der Waals surface area contributed by atoms with Crippen molar-refractivity contribution in [3.05, 3.63) is 24.3 Å². The van der Waals surface area contributed by atoms with Gasteiger partial charge in [-0.2, -0.15) is 0 Å². The van der Waals surface area contributed by atoms with Gasteiger partial charge in [0, 0.05) is 6.54 Å². The molecular formula is C14H31N. The summed E-state index contributed by atoms with van der Waals surface area (Å²) in [5.74, 6) is 0. The molecule has 0 aromatic carbocycles. The van der Waals surface area contributed by atoms with Crippen LogP contribution in [0, 0.1) is 5.41 Å². The molecule has 92 valence electrons.